The minimum atomic E-state index is -0.556. The zero-order valence-electron chi connectivity index (χ0n) is 33.2. The van der Waals surface area contributed by atoms with Crippen molar-refractivity contribution in [2.24, 2.45) is 0 Å². The number of allylic oxidation sites excluding steroid dienone is 8. The van der Waals surface area contributed by atoms with Crippen LogP contribution >= 0.6 is 0 Å². The zero-order valence-corrected chi connectivity index (χ0v) is 33.2. The van der Waals surface area contributed by atoms with E-state index >= 15 is 0 Å². The largest absolute Gasteiger partial charge is 0.462 e. The fourth-order valence-electron chi connectivity index (χ4n) is 5.76. The summed E-state index contributed by atoms with van der Waals surface area (Å²) in [5.41, 5.74) is 0. The van der Waals surface area contributed by atoms with Gasteiger partial charge in [-0.2, -0.15) is 0 Å². The molecule has 0 radical (unpaired) electrons. The first-order chi connectivity index (χ1) is 24.6. The van der Waals surface area contributed by atoms with Gasteiger partial charge in [0.1, 0.15) is 6.61 Å². The Balaban J connectivity index is 4.30. The van der Waals surface area contributed by atoms with Crippen molar-refractivity contribution in [1.29, 1.82) is 0 Å². The number of esters is 2. The minimum absolute atomic E-state index is 0.0504. The van der Waals surface area contributed by atoms with E-state index in [0.717, 1.165) is 51.4 Å². The summed E-state index contributed by atoms with van der Waals surface area (Å²) in [4.78, 5) is 25.1. The molecule has 1 atom stereocenters. The maximum absolute atomic E-state index is 12.7. The molecule has 5 heteroatoms. The fourth-order valence-corrected chi connectivity index (χ4v) is 5.76. The minimum Gasteiger partial charge on any atom is -0.462 e. The number of carbonyl (C=O) groups is 2. The van der Waals surface area contributed by atoms with E-state index in [0.29, 0.717) is 25.9 Å². The molecular weight excluding hydrogens is 620 g/mol. The molecular formula is C45H80O5. The molecule has 5 nitrogen and oxygen atoms in total. The molecule has 0 heterocycles. The van der Waals surface area contributed by atoms with Gasteiger partial charge < -0.3 is 14.2 Å². The molecule has 290 valence electrons. The molecule has 0 rings (SSSR count). The molecule has 0 aliphatic rings. The molecule has 0 aromatic carbocycles. The van der Waals surface area contributed by atoms with Gasteiger partial charge in [0, 0.05) is 19.4 Å². The quantitative estimate of drug-likeness (QED) is 0.0364. The molecule has 0 N–H and O–H groups in total. The molecule has 0 saturated heterocycles. The van der Waals surface area contributed by atoms with E-state index < -0.39 is 6.10 Å². The smallest absolute Gasteiger partial charge is 0.306 e. The van der Waals surface area contributed by atoms with Gasteiger partial charge in [-0.05, 0) is 44.9 Å². The maximum Gasteiger partial charge on any atom is 0.306 e. The lowest BCUT2D eigenvalue weighted by atomic mass is 10.0. The third-order valence-electron chi connectivity index (χ3n) is 8.89. The second-order valence-electron chi connectivity index (χ2n) is 13.9. The number of hydrogen-bond donors (Lipinski definition) is 0. The molecule has 0 aliphatic carbocycles. The summed E-state index contributed by atoms with van der Waals surface area (Å²) in [6, 6.07) is 0. The second-order valence-corrected chi connectivity index (χ2v) is 13.9. The van der Waals surface area contributed by atoms with Crippen molar-refractivity contribution >= 4 is 11.9 Å². The van der Waals surface area contributed by atoms with Crippen molar-refractivity contribution in [2.45, 2.75) is 207 Å². The van der Waals surface area contributed by atoms with E-state index in [1.54, 1.807) is 0 Å². The standard InChI is InChI=1S/C45H80O5/c1-4-7-10-13-16-19-21-23-25-27-29-32-35-38-44(46)49-42-43(41-48-40-37-34-31-18-15-12-9-6-3)50-45(47)39-36-33-30-28-26-24-22-20-17-14-11-8-5-2/h7,10,16,19,23,25,29,32,43H,4-6,8-9,11-15,17-18,20-22,24,26-28,30-31,33-42H2,1-3H3/b10-7-,19-16-,25-23-,32-29-. The van der Waals surface area contributed by atoms with Gasteiger partial charge in [0.25, 0.3) is 0 Å². The van der Waals surface area contributed by atoms with Crippen molar-refractivity contribution in [3.8, 4) is 0 Å². The van der Waals surface area contributed by atoms with Gasteiger partial charge in [0.2, 0.25) is 0 Å². The lowest BCUT2D eigenvalue weighted by molar-refractivity contribution is -0.162. The number of ether oxygens (including phenoxy) is 3. The normalized spacial score (nSPS) is 12.6. The molecule has 0 saturated carbocycles. The predicted octanol–water partition coefficient (Wildman–Crippen LogP) is 13.7. The SMILES string of the molecule is CC/C=C\C/C=C\C/C=C\C/C=C\CCC(=O)OCC(COCCCCCCCCCC)OC(=O)CCCCCCCCCCCCCCC. The molecule has 0 spiro atoms. The van der Waals surface area contributed by atoms with E-state index in [1.807, 2.05) is 6.08 Å². The van der Waals surface area contributed by atoms with Crippen LogP contribution in [-0.2, 0) is 23.8 Å². The van der Waals surface area contributed by atoms with Crippen molar-refractivity contribution < 1.29 is 23.8 Å². The van der Waals surface area contributed by atoms with Crippen LogP contribution in [0.4, 0.5) is 0 Å². The van der Waals surface area contributed by atoms with Crippen molar-refractivity contribution in [3.63, 3.8) is 0 Å². The van der Waals surface area contributed by atoms with E-state index in [9.17, 15) is 9.59 Å². The first-order valence-electron chi connectivity index (χ1n) is 21.2. The van der Waals surface area contributed by atoms with Crippen LogP contribution in [-0.4, -0.2) is 37.9 Å². The van der Waals surface area contributed by atoms with Crippen LogP contribution in [0.3, 0.4) is 0 Å². The predicted molar refractivity (Wildman–Crippen MR) is 215 cm³/mol. The number of carbonyl (C=O) groups excluding carboxylic acids is 2. The van der Waals surface area contributed by atoms with Crippen LogP contribution in [0.1, 0.15) is 201 Å². The highest BCUT2D eigenvalue weighted by Gasteiger charge is 2.17. The molecule has 1 unspecified atom stereocenters. The Morgan fingerprint density at radius 2 is 0.900 bits per heavy atom. The van der Waals surface area contributed by atoms with E-state index in [1.165, 1.54) is 109 Å². The van der Waals surface area contributed by atoms with Gasteiger partial charge in [0.05, 0.1) is 6.61 Å². The molecule has 0 aromatic rings. The molecule has 0 bridgehead atoms. The Hall–Kier alpha value is -2.14. The number of hydrogen-bond acceptors (Lipinski definition) is 5. The van der Waals surface area contributed by atoms with Crippen LogP contribution in [0.2, 0.25) is 0 Å². The summed E-state index contributed by atoms with van der Waals surface area (Å²) in [7, 11) is 0. The molecule has 50 heavy (non-hydrogen) atoms. The lowest BCUT2D eigenvalue weighted by Crippen LogP contribution is -2.30. The summed E-state index contributed by atoms with van der Waals surface area (Å²) < 4.78 is 17.1. The number of unbranched alkanes of at least 4 members (excludes halogenated alkanes) is 19. The van der Waals surface area contributed by atoms with Crippen molar-refractivity contribution in [1.82, 2.24) is 0 Å². The van der Waals surface area contributed by atoms with Gasteiger partial charge >= 0.3 is 11.9 Å². The zero-order chi connectivity index (χ0) is 36.4. The molecule has 0 aromatic heterocycles. The van der Waals surface area contributed by atoms with Crippen LogP contribution in [0, 0.1) is 0 Å². The Kier molecular flexibility index (Phi) is 39.5. The highest BCUT2D eigenvalue weighted by molar-refractivity contribution is 5.70. The summed E-state index contributed by atoms with van der Waals surface area (Å²) >= 11 is 0. The Labute approximate surface area is 310 Å². The fraction of sp³-hybridized carbons (Fsp3) is 0.778. The summed E-state index contributed by atoms with van der Waals surface area (Å²) in [5, 5.41) is 0. The summed E-state index contributed by atoms with van der Waals surface area (Å²) in [6.45, 7) is 7.62. The molecule has 0 aliphatic heterocycles. The van der Waals surface area contributed by atoms with E-state index in [-0.39, 0.29) is 25.2 Å². The van der Waals surface area contributed by atoms with Crippen molar-refractivity contribution in [3.05, 3.63) is 48.6 Å². The monoisotopic (exact) mass is 701 g/mol. The van der Waals surface area contributed by atoms with Gasteiger partial charge in [-0.1, -0.05) is 191 Å². The number of rotatable bonds is 38. The van der Waals surface area contributed by atoms with Crippen LogP contribution in [0.25, 0.3) is 0 Å². The van der Waals surface area contributed by atoms with E-state index in [2.05, 4.69) is 63.3 Å². The second kappa shape index (κ2) is 41.3. The van der Waals surface area contributed by atoms with Crippen LogP contribution in [0.5, 0.6) is 0 Å². The van der Waals surface area contributed by atoms with Crippen LogP contribution < -0.4 is 0 Å². The van der Waals surface area contributed by atoms with Gasteiger partial charge in [0.15, 0.2) is 6.10 Å². The molecule has 0 fully saturated rings. The highest BCUT2D eigenvalue weighted by atomic mass is 16.6. The topological polar surface area (TPSA) is 61.8 Å². The van der Waals surface area contributed by atoms with Gasteiger partial charge in [-0.15, -0.1) is 0 Å². The van der Waals surface area contributed by atoms with Crippen molar-refractivity contribution in [2.75, 3.05) is 19.8 Å². The van der Waals surface area contributed by atoms with Gasteiger partial charge in [-0.25, -0.2) is 0 Å². The van der Waals surface area contributed by atoms with Gasteiger partial charge in [-0.3, -0.25) is 9.59 Å². The average molecular weight is 701 g/mol. The first kappa shape index (κ1) is 47.9. The maximum atomic E-state index is 12.7. The molecule has 0 amide bonds. The van der Waals surface area contributed by atoms with E-state index in [4.69, 9.17) is 14.2 Å². The highest BCUT2D eigenvalue weighted by Crippen LogP contribution is 2.14. The Bertz CT molecular complexity index is 842. The first-order valence-corrected chi connectivity index (χ1v) is 21.2. The Morgan fingerprint density at radius 1 is 0.460 bits per heavy atom. The Morgan fingerprint density at radius 3 is 1.40 bits per heavy atom. The summed E-state index contributed by atoms with van der Waals surface area (Å²) in [6.07, 6.45) is 48.3. The average Bonchev–Trinajstić information content (AvgIpc) is 3.11. The third-order valence-corrected chi connectivity index (χ3v) is 8.89. The van der Waals surface area contributed by atoms with Crippen LogP contribution in [0.15, 0.2) is 48.6 Å². The third kappa shape index (κ3) is 38.7. The lowest BCUT2D eigenvalue weighted by Gasteiger charge is -2.18. The summed E-state index contributed by atoms with van der Waals surface area (Å²) in [5.74, 6) is -0.488.